The summed E-state index contributed by atoms with van der Waals surface area (Å²) in [6.07, 6.45) is 0.794. The molecule has 0 saturated carbocycles. The number of thioether (sulfide) groups is 1. The van der Waals surface area contributed by atoms with E-state index in [1.54, 1.807) is 36.0 Å². The maximum Gasteiger partial charge on any atom is 0.339 e. The second kappa shape index (κ2) is 8.01. The van der Waals surface area contributed by atoms with E-state index in [0.29, 0.717) is 18.3 Å². The number of hydrogen-bond donors (Lipinski definition) is 1. The highest BCUT2D eigenvalue weighted by molar-refractivity contribution is 7.99. The molecule has 6 nitrogen and oxygen atoms in total. The summed E-state index contributed by atoms with van der Waals surface area (Å²) < 4.78 is 7.58. The maximum atomic E-state index is 11.1. The van der Waals surface area contributed by atoms with Crippen LogP contribution < -0.4 is 4.74 Å². The van der Waals surface area contributed by atoms with Crippen LogP contribution in [-0.4, -0.2) is 38.2 Å². The lowest BCUT2D eigenvalue weighted by Crippen LogP contribution is -2.05. The average Bonchev–Trinajstić information content (AvgIpc) is 2.88. The van der Waals surface area contributed by atoms with Crippen LogP contribution >= 0.6 is 11.8 Å². The van der Waals surface area contributed by atoms with Crippen molar-refractivity contribution in [1.29, 1.82) is 0 Å². The van der Waals surface area contributed by atoms with Gasteiger partial charge in [0.1, 0.15) is 17.1 Å². The van der Waals surface area contributed by atoms with E-state index in [4.69, 9.17) is 9.84 Å². The highest BCUT2D eigenvalue weighted by Gasteiger charge is 2.12. The lowest BCUT2D eigenvalue weighted by molar-refractivity contribution is 0.0692. The van der Waals surface area contributed by atoms with Crippen LogP contribution in [0.3, 0.4) is 0 Å². The largest absolute Gasteiger partial charge is 0.493 e. The monoisotopic (exact) mass is 335 g/mol. The third-order valence-electron chi connectivity index (χ3n) is 3.28. The second-order valence-electron chi connectivity index (χ2n) is 5.41. The molecule has 2 aromatic rings. The van der Waals surface area contributed by atoms with E-state index in [2.05, 4.69) is 24.0 Å². The number of aromatic carboxylic acids is 1. The van der Waals surface area contributed by atoms with Crippen LogP contribution in [-0.2, 0) is 7.05 Å². The quantitative estimate of drug-likeness (QED) is 0.590. The molecule has 0 fully saturated rings. The zero-order valence-electron chi connectivity index (χ0n) is 13.5. The Morgan fingerprint density at radius 3 is 2.74 bits per heavy atom. The molecule has 0 saturated heterocycles. The molecule has 1 aromatic carbocycles. The third-order valence-corrected chi connectivity index (χ3v) is 4.39. The number of hydrogen-bond acceptors (Lipinski definition) is 5. The zero-order valence-corrected chi connectivity index (χ0v) is 14.3. The van der Waals surface area contributed by atoms with Crippen LogP contribution in [0.15, 0.2) is 29.4 Å². The molecule has 23 heavy (non-hydrogen) atoms. The number of carboxylic acids is 1. The van der Waals surface area contributed by atoms with Gasteiger partial charge in [-0.1, -0.05) is 37.7 Å². The zero-order chi connectivity index (χ0) is 16.8. The van der Waals surface area contributed by atoms with Crippen LogP contribution in [0.25, 0.3) is 0 Å². The van der Waals surface area contributed by atoms with Crippen molar-refractivity contribution in [3.63, 3.8) is 0 Å². The summed E-state index contributed by atoms with van der Waals surface area (Å²) in [5.41, 5.74) is 0.190. The van der Waals surface area contributed by atoms with Crippen molar-refractivity contribution >= 4 is 17.7 Å². The number of para-hydroxylation sites is 1. The summed E-state index contributed by atoms with van der Waals surface area (Å²) >= 11 is 1.62. The number of carbonyl (C=O) groups is 1. The number of aromatic nitrogens is 3. The van der Waals surface area contributed by atoms with E-state index in [0.717, 1.165) is 23.2 Å². The standard InChI is InChI=1S/C16H21N3O3S/c1-11(2)14-17-18-16(19(14)3)23-10-6-9-22-13-8-5-4-7-12(13)15(20)21/h4-5,7-8,11H,6,9-10H2,1-3H3,(H,20,21). The van der Waals surface area contributed by atoms with Crippen molar-refractivity contribution in [3.8, 4) is 5.75 Å². The topological polar surface area (TPSA) is 77.2 Å². The van der Waals surface area contributed by atoms with Crippen molar-refractivity contribution < 1.29 is 14.6 Å². The van der Waals surface area contributed by atoms with Gasteiger partial charge in [-0.05, 0) is 18.6 Å². The first kappa shape index (κ1) is 17.3. The van der Waals surface area contributed by atoms with Gasteiger partial charge in [0.25, 0.3) is 0 Å². The van der Waals surface area contributed by atoms with E-state index in [-0.39, 0.29) is 5.56 Å². The van der Waals surface area contributed by atoms with Gasteiger partial charge < -0.3 is 14.4 Å². The molecule has 0 atom stereocenters. The van der Waals surface area contributed by atoms with E-state index in [1.807, 2.05) is 11.6 Å². The molecule has 0 amide bonds. The minimum atomic E-state index is -0.977. The van der Waals surface area contributed by atoms with Crippen LogP contribution in [0.1, 0.15) is 42.4 Å². The molecule has 1 N–H and O–H groups in total. The first-order valence-corrected chi connectivity index (χ1v) is 8.46. The van der Waals surface area contributed by atoms with Gasteiger partial charge >= 0.3 is 5.97 Å². The Morgan fingerprint density at radius 1 is 1.35 bits per heavy atom. The maximum absolute atomic E-state index is 11.1. The molecule has 2 rings (SSSR count). The van der Waals surface area contributed by atoms with Gasteiger partial charge in [0.15, 0.2) is 5.16 Å². The molecule has 124 valence electrons. The van der Waals surface area contributed by atoms with E-state index in [1.165, 1.54) is 0 Å². The van der Waals surface area contributed by atoms with Crippen LogP contribution in [0.2, 0.25) is 0 Å². The average molecular weight is 335 g/mol. The Hall–Kier alpha value is -2.02. The van der Waals surface area contributed by atoms with E-state index >= 15 is 0 Å². The first-order valence-electron chi connectivity index (χ1n) is 7.48. The lowest BCUT2D eigenvalue weighted by Gasteiger charge is -2.09. The highest BCUT2D eigenvalue weighted by atomic mass is 32.2. The number of carboxylic acid groups (broad SMARTS) is 1. The Balaban J connectivity index is 1.80. The SMILES string of the molecule is CC(C)c1nnc(SCCCOc2ccccc2C(=O)O)n1C. The van der Waals surface area contributed by atoms with Crippen LogP contribution in [0.4, 0.5) is 0 Å². The second-order valence-corrected chi connectivity index (χ2v) is 6.47. The molecule has 0 aliphatic rings. The molecule has 0 aliphatic heterocycles. The molecular formula is C16H21N3O3S. The van der Waals surface area contributed by atoms with Crippen molar-refractivity contribution in [2.45, 2.75) is 31.3 Å². The summed E-state index contributed by atoms with van der Waals surface area (Å²) in [5.74, 6) is 1.58. The molecule has 1 aromatic heterocycles. The number of benzene rings is 1. The van der Waals surface area contributed by atoms with Crippen LogP contribution in [0, 0.1) is 0 Å². The molecule has 7 heteroatoms. The van der Waals surface area contributed by atoms with Crippen molar-refractivity contribution in [3.05, 3.63) is 35.7 Å². The fourth-order valence-electron chi connectivity index (χ4n) is 2.13. The van der Waals surface area contributed by atoms with E-state index < -0.39 is 5.97 Å². The Morgan fingerprint density at radius 2 is 2.09 bits per heavy atom. The number of nitrogens with zero attached hydrogens (tertiary/aromatic N) is 3. The first-order chi connectivity index (χ1) is 11.0. The summed E-state index contributed by atoms with van der Waals surface area (Å²) in [6, 6.07) is 6.67. The molecular weight excluding hydrogens is 314 g/mol. The van der Waals surface area contributed by atoms with Gasteiger partial charge in [-0.3, -0.25) is 0 Å². The molecule has 0 radical (unpaired) electrons. The molecule has 0 unspecified atom stereocenters. The van der Waals surface area contributed by atoms with Crippen LogP contribution in [0.5, 0.6) is 5.75 Å². The Labute approximate surface area is 139 Å². The third kappa shape index (κ3) is 4.48. The van der Waals surface area contributed by atoms with Gasteiger partial charge in [-0.15, -0.1) is 10.2 Å². The fraction of sp³-hybridized carbons (Fsp3) is 0.438. The summed E-state index contributed by atoms with van der Waals surface area (Å²) in [7, 11) is 1.97. The normalized spacial score (nSPS) is 11.0. The molecule has 0 spiro atoms. The predicted octanol–water partition coefficient (Wildman–Crippen LogP) is 3.20. The number of ether oxygens (including phenoxy) is 1. The smallest absolute Gasteiger partial charge is 0.339 e. The van der Waals surface area contributed by atoms with Gasteiger partial charge in [0.2, 0.25) is 0 Å². The predicted molar refractivity (Wildman–Crippen MR) is 89.3 cm³/mol. The lowest BCUT2D eigenvalue weighted by atomic mass is 10.2. The Kier molecular flexibility index (Phi) is 6.04. The summed E-state index contributed by atoms with van der Waals surface area (Å²) in [6.45, 7) is 4.64. The van der Waals surface area contributed by atoms with Crippen molar-refractivity contribution in [1.82, 2.24) is 14.8 Å². The summed E-state index contributed by atoms with van der Waals surface area (Å²) in [4.78, 5) is 11.1. The van der Waals surface area contributed by atoms with Gasteiger partial charge in [-0.2, -0.15) is 0 Å². The van der Waals surface area contributed by atoms with E-state index in [9.17, 15) is 4.79 Å². The Bertz CT molecular complexity index is 670. The minimum absolute atomic E-state index is 0.190. The summed E-state index contributed by atoms with van der Waals surface area (Å²) in [5, 5.41) is 18.4. The molecule has 1 heterocycles. The fourth-order valence-corrected chi connectivity index (χ4v) is 2.96. The van der Waals surface area contributed by atoms with Gasteiger partial charge in [0, 0.05) is 18.7 Å². The minimum Gasteiger partial charge on any atom is -0.493 e. The molecule has 0 bridgehead atoms. The number of rotatable bonds is 8. The van der Waals surface area contributed by atoms with Gasteiger partial charge in [0.05, 0.1) is 6.61 Å². The van der Waals surface area contributed by atoms with Crippen molar-refractivity contribution in [2.24, 2.45) is 7.05 Å². The highest BCUT2D eigenvalue weighted by Crippen LogP contribution is 2.21. The van der Waals surface area contributed by atoms with Gasteiger partial charge in [-0.25, -0.2) is 4.79 Å². The van der Waals surface area contributed by atoms with Crippen molar-refractivity contribution in [2.75, 3.05) is 12.4 Å². The molecule has 0 aliphatic carbocycles.